The molecule has 29 heavy (non-hydrogen) atoms. The monoisotopic (exact) mass is 433 g/mol. The van der Waals surface area contributed by atoms with E-state index in [1.807, 2.05) is 0 Å². The second-order valence-electron chi connectivity index (χ2n) is 7.11. The summed E-state index contributed by atoms with van der Waals surface area (Å²) in [7, 11) is 1.47. The summed E-state index contributed by atoms with van der Waals surface area (Å²) in [4.78, 5) is 13.7. The summed E-state index contributed by atoms with van der Waals surface area (Å²) in [6.07, 6.45) is 6.81. The van der Waals surface area contributed by atoms with Crippen LogP contribution in [0.4, 0.5) is 4.39 Å². The summed E-state index contributed by atoms with van der Waals surface area (Å²) < 4.78 is 18.6. The Labute approximate surface area is 213 Å². The molecular weight excluding hydrogens is 404 g/mol. The molecule has 2 atom stereocenters. The van der Waals surface area contributed by atoms with Crippen LogP contribution in [0.3, 0.4) is 0 Å². The Morgan fingerprint density at radius 2 is 1.97 bits per heavy atom. The van der Waals surface area contributed by atoms with Crippen LogP contribution in [0.1, 0.15) is 44.2 Å². The summed E-state index contributed by atoms with van der Waals surface area (Å²) in [5, 5.41) is 3.57. The number of hydrogen-bond acceptors (Lipinski definition) is 8. The van der Waals surface area contributed by atoms with Gasteiger partial charge in [-0.15, -0.1) is 0 Å². The molecule has 0 aromatic carbocycles. The average molecular weight is 434 g/mol. The Bertz CT molecular complexity index is 701. The van der Waals surface area contributed by atoms with Gasteiger partial charge in [-0.2, -0.15) is 0 Å². The number of aliphatic imine (C=N–C) groups is 1. The van der Waals surface area contributed by atoms with Gasteiger partial charge in [0.2, 0.25) is 5.88 Å². The minimum absolute atomic E-state index is 0. The van der Waals surface area contributed by atoms with Gasteiger partial charge in [-0.1, -0.05) is 0 Å². The Hall–Kier alpha value is -0.664. The number of methoxy groups -OCH3 is 1. The molecule has 1 heterocycles. The van der Waals surface area contributed by atoms with Crippen LogP contribution in [0.5, 0.6) is 5.88 Å². The van der Waals surface area contributed by atoms with Gasteiger partial charge in [-0.05, 0) is 56.3 Å². The van der Waals surface area contributed by atoms with Gasteiger partial charge >= 0.3 is 51.4 Å². The van der Waals surface area contributed by atoms with E-state index >= 15 is 0 Å². The number of aromatic nitrogens is 1. The van der Waals surface area contributed by atoms with Crippen molar-refractivity contribution in [2.24, 2.45) is 39.4 Å². The Balaban J connectivity index is 0.00000210. The quantitative estimate of drug-likeness (QED) is 0.122. The minimum atomic E-state index is -0.472. The van der Waals surface area contributed by atoms with E-state index in [-0.39, 0.29) is 63.4 Å². The van der Waals surface area contributed by atoms with E-state index in [0.29, 0.717) is 29.2 Å². The molecule has 0 spiro atoms. The van der Waals surface area contributed by atoms with E-state index in [9.17, 15) is 4.39 Å². The van der Waals surface area contributed by atoms with Crippen molar-refractivity contribution >= 4 is 12.1 Å². The van der Waals surface area contributed by atoms with Crippen LogP contribution < -0.4 is 73.8 Å². The number of hydrazone groups is 1. The number of rotatable bonds is 9. The van der Waals surface area contributed by atoms with Gasteiger partial charge in [-0.25, -0.2) is 9.37 Å². The van der Waals surface area contributed by atoms with Crippen molar-refractivity contribution in [1.29, 1.82) is 0 Å². The van der Waals surface area contributed by atoms with Gasteiger partial charge in [0.25, 0.3) is 0 Å². The van der Waals surface area contributed by atoms with Crippen LogP contribution in [-0.2, 0) is 4.84 Å². The van der Waals surface area contributed by atoms with Crippen molar-refractivity contribution in [3.63, 3.8) is 0 Å². The van der Waals surface area contributed by atoms with Crippen LogP contribution in [-0.4, -0.2) is 30.4 Å². The third-order valence-corrected chi connectivity index (χ3v) is 5.01. The third kappa shape index (κ3) is 7.51. The van der Waals surface area contributed by atoms with Crippen LogP contribution in [0.15, 0.2) is 22.4 Å². The molecule has 3 rings (SSSR count). The summed E-state index contributed by atoms with van der Waals surface area (Å²) >= 11 is 0. The summed E-state index contributed by atoms with van der Waals surface area (Å²) in [6, 6.07) is 0.890. The van der Waals surface area contributed by atoms with Crippen molar-refractivity contribution in [3.05, 3.63) is 29.1 Å². The average Bonchev–Trinajstić information content (AvgIpc) is 3.57. The molecule has 1 aromatic heterocycles. The van der Waals surface area contributed by atoms with Crippen molar-refractivity contribution in [1.82, 2.24) is 11.1 Å². The fourth-order valence-electron chi connectivity index (χ4n) is 3.32. The maximum Gasteiger partial charge on any atom is 1.00 e. The molecule has 2 aliphatic carbocycles. The van der Waals surface area contributed by atoms with Gasteiger partial charge in [-0.3, -0.25) is 4.99 Å². The molecule has 7 N–H and O–H groups in total. The molecule has 0 bridgehead atoms. The van der Waals surface area contributed by atoms with E-state index in [0.717, 1.165) is 6.20 Å². The van der Waals surface area contributed by atoms with Gasteiger partial charge < -0.3 is 37.9 Å². The number of hydrogen-bond donors (Lipinski definition) is 3. The summed E-state index contributed by atoms with van der Waals surface area (Å²) in [5.74, 6) is 6.93. The molecule has 0 saturated heterocycles. The number of amidine groups is 1. The first-order chi connectivity index (χ1) is 13.0. The normalized spacial score (nSPS) is 18.7. The number of pyridine rings is 1. The number of halogens is 1. The smallest absolute Gasteiger partial charge is 0.481 e. The van der Waals surface area contributed by atoms with E-state index in [2.05, 4.69) is 20.6 Å². The molecule has 2 saturated carbocycles. The molecule has 0 aliphatic heterocycles. The predicted molar refractivity (Wildman–Crippen MR) is 106 cm³/mol. The first kappa shape index (κ1) is 26.4. The molecule has 1 aromatic rings. The van der Waals surface area contributed by atoms with Crippen molar-refractivity contribution < 1.29 is 65.3 Å². The second-order valence-corrected chi connectivity index (χ2v) is 7.11. The third-order valence-electron chi connectivity index (χ3n) is 5.01. The molecule has 2 fully saturated rings. The van der Waals surface area contributed by atoms with Crippen molar-refractivity contribution in [2.75, 3.05) is 7.11 Å². The molecule has 2 aliphatic rings. The standard InChI is InChI=1S/C18H26FN6O2.K.H3N/c1-10(14-7-13(19)8-23-18(14)26-2)22-9-15(24-21)25-27-17(20)16(11-3-4-11)12-5-6-12;;/h7-12,16-17H,3-6,20-21H2,1-2H3;;1H3/q-1;+1;. The predicted octanol–water partition coefficient (Wildman–Crippen LogP) is -0.174. The zero-order chi connectivity index (χ0) is 19.4. The van der Waals surface area contributed by atoms with Gasteiger partial charge in [0.15, 0.2) is 0 Å². The molecule has 9 nitrogen and oxygen atoms in total. The molecule has 0 radical (unpaired) electrons. The molecule has 2 unspecified atom stereocenters. The number of ether oxygens (including phenoxy) is 1. The molecule has 11 heteroatoms. The first-order valence-corrected chi connectivity index (χ1v) is 9.16. The summed E-state index contributed by atoms with van der Waals surface area (Å²) in [6.45, 7) is 1.77. The fraction of sp³-hybridized carbons (Fsp3) is 0.611. The molecular formula is C18H29FKN7O2. The van der Waals surface area contributed by atoms with Gasteiger partial charge in [0.05, 0.1) is 19.3 Å². The number of nitrogens with two attached hydrogens (primary N) is 2. The SMILES string of the molecule is COc1ncc(F)cc1C(C)N=C/C(=N\N)[N-]OC(N)C(C1CC1)C1CC1.N.[K+]. The van der Waals surface area contributed by atoms with E-state index in [1.165, 1.54) is 45.1 Å². The van der Waals surface area contributed by atoms with Crippen LogP contribution in [0, 0.1) is 23.6 Å². The van der Waals surface area contributed by atoms with Crippen molar-refractivity contribution in [3.8, 4) is 5.88 Å². The summed E-state index contributed by atoms with van der Waals surface area (Å²) in [5.41, 5.74) is 10.6. The van der Waals surface area contributed by atoms with E-state index in [4.69, 9.17) is 21.2 Å². The van der Waals surface area contributed by atoms with Gasteiger partial charge in [0, 0.05) is 17.7 Å². The Morgan fingerprint density at radius 3 is 2.48 bits per heavy atom. The topological polar surface area (TPSA) is 157 Å². The van der Waals surface area contributed by atoms with Gasteiger partial charge in [0.1, 0.15) is 12.0 Å². The van der Waals surface area contributed by atoms with Crippen LogP contribution in [0.2, 0.25) is 0 Å². The zero-order valence-electron chi connectivity index (χ0n) is 17.3. The minimum Gasteiger partial charge on any atom is -0.481 e. The fourth-order valence-corrected chi connectivity index (χ4v) is 3.32. The second kappa shape index (κ2) is 12.3. The number of nitrogens with zero attached hydrogens (tertiary/aromatic N) is 4. The van der Waals surface area contributed by atoms with E-state index in [1.54, 1.807) is 6.92 Å². The van der Waals surface area contributed by atoms with Crippen LogP contribution >= 0.6 is 0 Å². The van der Waals surface area contributed by atoms with Crippen molar-refractivity contribution in [2.45, 2.75) is 44.9 Å². The number of hydroxylamine groups is 1. The van der Waals surface area contributed by atoms with E-state index < -0.39 is 18.1 Å². The molecule has 0 amide bonds. The van der Waals surface area contributed by atoms with Crippen LogP contribution in [0.25, 0.3) is 5.48 Å². The molecule has 156 valence electrons. The maximum absolute atomic E-state index is 13.5. The first-order valence-electron chi connectivity index (χ1n) is 9.16. The Morgan fingerprint density at radius 1 is 1.34 bits per heavy atom. The largest absolute Gasteiger partial charge is 1.00 e. The Kier molecular flexibility index (Phi) is 11.1. The zero-order valence-corrected chi connectivity index (χ0v) is 20.4. The maximum atomic E-state index is 13.5.